The van der Waals surface area contributed by atoms with Crippen LogP contribution in [-0.2, 0) is 14.3 Å². The average Bonchev–Trinajstić information content (AvgIpc) is 2.02. The van der Waals surface area contributed by atoms with E-state index in [-0.39, 0.29) is 6.42 Å². The molecule has 0 rings (SSSR count). The Morgan fingerprint density at radius 1 is 1.57 bits per heavy atom. The fourth-order valence-corrected chi connectivity index (χ4v) is 0.686. The molecule has 1 unspecified atom stereocenters. The zero-order valence-corrected chi connectivity index (χ0v) is 8.40. The number of carbonyl (C=O) groups excluding carboxylic acids is 1. The van der Waals surface area contributed by atoms with E-state index in [1.807, 2.05) is 0 Å². The van der Waals surface area contributed by atoms with E-state index in [0.29, 0.717) is 0 Å². The van der Waals surface area contributed by atoms with Crippen LogP contribution in [0.2, 0.25) is 0 Å². The second kappa shape index (κ2) is 4.61. The van der Waals surface area contributed by atoms with Gasteiger partial charge in [0.05, 0.1) is 12.3 Å². The van der Waals surface area contributed by atoms with E-state index in [9.17, 15) is 9.59 Å². The Hall–Kier alpha value is -1.57. The van der Waals surface area contributed by atoms with E-state index in [0.717, 1.165) is 0 Å². The van der Waals surface area contributed by atoms with Crippen LogP contribution in [0.15, 0.2) is 0 Å². The van der Waals surface area contributed by atoms with Gasteiger partial charge in [0.2, 0.25) is 0 Å². The minimum Gasteiger partial charge on any atom is -0.481 e. The second-order valence-electron chi connectivity index (χ2n) is 3.54. The molecule has 0 fully saturated rings. The number of carboxylic acid groups (broad SMARTS) is 1. The number of esters is 1. The monoisotopic (exact) mass is 199 g/mol. The first-order valence-corrected chi connectivity index (χ1v) is 4.14. The fourth-order valence-electron chi connectivity index (χ4n) is 0.686. The molecule has 0 aromatic carbocycles. The number of carboxylic acids is 1. The second-order valence-corrected chi connectivity index (χ2v) is 3.54. The lowest BCUT2D eigenvalue weighted by atomic mass is 10.1. The molecule has 1 atom stereocenters. The largest absolute Gasteiger partial charge is 0.481 e. The standard InChI is InChI=1S/C9H13NO4/c1-6(8(12)13)4-7(11)14-9(2,3)5-10/h6H,4H2,1-3H3,(H,12,13). The minimum absolute atomic E-state index is 0.222. The highest BCUT2D eigenvalue weighted by Gasteiger charge is 2.24. The highest BCUT2D eigenvalue weighted by atomic mass is 16.6. The summed E-state index contributed by atoms with van der Waals surface area (Å²) >= 11 is 0. The molecular weight excluding hydrogens is 186 g/mol. The molecule has 5 heteroatoms. The quantitative estimate of drug-likeness (QED) is 0.681. The summed E-state index contributed by atoms with van der Waals surface area (Å²) in [7, 11) is 0. The Kier molecular flexibility index (Phi) is 4.09. The molecule has 78 valence electrons. The van der Waals surface area contributed by atoms with Crippen molar-refractivity contribution in [3.63, 3.8) is 0 Å². The van der Waals surface area contributed by atoms with Gasteiger partial charge in [0.1, 0.15) is 6.07 Å². The van der Waals surface area contributed by atoms with Gasteiger partial charge in [-0.05, 0) is 13.8 Å². The lowest BCUT2D eigenvalue weighted by molar-refractivity contribution is -0.157. The van der Waals surface area contributed by atoms with Crippen molar-refractivity contribution in [1.29, 1.82) is 5.26 Å². The summed E-state index contributed by atoms with van der Waals surface area (Å²) in [5.41, 5.74) is -1.20. The molecule has 0 aliphatic rings. The van der Waals surface area contributed by atoms with Gasteiger partial charge < -0.3 is 9.84 Å². The van der Waals surface area contributed by atoms with Gasteiger partial charge in [-0.3, -0.25) is 9.59 Å². The van der Waals surface area contributed by atoms with E-state index < -0.39 is 23.5 Å². The van der Waals surface area contributed by atoms with Crippen LogP contribution in [0, 0.1) is 17.2 Å². The maximum Gasteiger partial charge on any atom is 0.308 e. The Balaban J connectivity index is 4.14. The molecule has 0 aliphatic carbocycles. The normalized spacial score (nSPS) is 12.7. The molecule has 0 spiro atoms. The first-order valence-electron chi connectivity index (χ1n) is 4.14. The van der Waals surface area contributed by atoms with Crippen LogP contribution in [-0.4, -0.2) is 22.6 Å². The fraction of sp³-hybridized carbons (Fsp3) is 0.667. The van der Waals surface area contributed by atoms with E-state index in [1.165, 1.54) is 20.8 Å². The predicted molar refractivity (Wildman–Crippen MR) is 47.2 cm³/mol. The van der Waals surface area contributed by atoms with Gasteiger partial charge in [-0.15, -0.1) is 0 Å². The number of rotatable bonds is 4. The number of carbonyl (C=O) groups is 2. The zero-order valence-electron chi connectivity index (χ0n) is 8.40. The third kappa shape index (κ3) is 4.45. The molecule has 14 heavy (non-hydrogen) atoms. The van der Waals surface area contributed by atoms with Crippen LogP contribution in [0.3, 0.4) is 0 Å². The summed E-state index contributed by atoms with van der Waals surface area (Å²) in [6.45, 7) is 4.29. The lowest BCUT2D eigenvalue weighted by Crippen LogP contribution is -2.27. The van der Waals surface area contributed by atoms with Crippen LogP contribution in [0.1, 0.15) is 27.2 Å². The van der Waals surface area contributed by atoms with Gasteiger partial charge in [-0.2, -0.15) is 5.26 Å². The first-order chi connectivity index (χ1) is 6.28. The molecule has 0 bridgehead atoms. The minimum atomic E-state index is -1.20. The van der Waals surface area contributed by atoms with Gasteiger partial charge in [-0.1, -0.05) is 6.92 Å². The molecule has 0 aromatic rings. The smallest absolute Gasteiger partial charge is 0.308 e. The van der Waals surface area contributed by atoms with Crippen molar-refractivity contribution in [2.45, 2.75) is 32.8 Å². The van der Waals surface area contributed by atoms with Crippen molar-refractivity contribution in [2.75, 3.05) is 0 Å². The Bertz CT molecular complexity index is 277. The Labute approximate surface area is 82.3 Å². The molecule has 0 heterocycles. The van der Waals surface area contributed by atoms with Crippen molar-refractivity contribution >= 4 is 11.9 Å². The summed E-state index contributed by atoms with van der Waals surface area (Å²) in [5.74, 6) is -2.53. The van der Waals surface area contributed by atoms with Crippen LogP contribution in [0.4, 0.5) is 0 Å². The van der Waals surface area contributed by atoms with Gasteiger partial charge in [0.25, 0.3) is 0 Å². The molecule has 1 N–H and O–H groups in total. The van der Waals surface area contributed by atoms with Crippen molar-refractivity contribution in [3.05, 3.63) is 0 Å². The van der Waals surface area contributed by atoms with Gasteiger partial charge in [-0.25, -0.2) is 0 Å². The number of hydrogen-bond acceptors (Lipinski definition) is 4. The summed E-state index contributed by atoms with van der Waals surface area (Å²) in [6.07, 6.45) is -0.222. The zero-order chi connectivity index (χ0) is 11.4. The maximum atomic E-state index is 11.1. The molecule has 0 radical (unpaired) electrons. The van der Waals surface area contributed by atoms with Crippen molar-refractivity contribution < 1.29 is 19.4 Å². The highest BCUT2D eigenvalue weighted by Crippen LogP contribution is 2.11. The summed E-state index contributed by atoms with van der Waals surface area (Å²) < 4.78 is 4.74. The number of nitriles is 1. The first kappa shape index (κ1) is 12.4. The highest BCUT2D eigenvalue weighted by molar-refractivity contribution is 5.78. The van der Waals surface area contributed by atoms with E-state index in [4.69, 9.17) is 15.1 Å². The van der Waals surface area contributed by atoms with Crippen molar-refractivity contribution in [2.24, 2.45) is 5.92 Å². The molecule has 0 saturated carbocycles. The third-order valence-electron chi connectivity index (χ3n) is 1.53. The lowest BCUT2D eigenvalue weighted by Gasteiger charge is -2.17. The Morgan fingerprint density at radius 3 is 2.43 bits per heavy atom. The summed E-state index contributed by atoms with van der Waals surface area (Å²) in [4.78, 5) is 21.5. The summed E-state index contributed by atoms with van der Waals surface area (Å²) in [5, 5.41) is 17.1. The maximum absolute atomic E-state index is 11.1. The SMILES string of the molecule is CC(CC(=O)OC(C)(C)C#N)C(=O)O. The van der Waals surface area contributed by atoms with Crippen LogP contribution < -0.4 is 0 Å². The molecule has 0 saturated heterocycles. The van der Waals surface area contributed by atoms with Crippen LogP contribution in [0.5, 0.6) is 0 Å². The van der Waals surface area contributed by atoms with Crippen molar-refractivity contribution in [1.82, 2.24) is 0 Å². The van der Waals surface area contributed by atoms with E-state index >= 15 is 0 Å². The van der Waals surface area contributed by atoms with Gasteiger partial charge >= 0.3 is 11.9 Å². The number of nitrogens with zero attached hydrogens (tertiary/aromatic N) is 1. The number of ether oxygens (including phenoxy) is 1. The molecule has 5 nitrogen and oxygen atoms in total. The number of hydrogen-bond donors (Lipinski definition) is 1. The topological polar surface area (TPSA) is 87.4 Å². The Morgan fingerprint density at radius 2 is 2.07 bits per heavy atom. The van der Waals surface area contributed by atoms with E-state index in [1.54, 1.807) is 6.07 Å². The molecule has 0 aromatic heterocycles. The molecule has 0 amide bonds. The predicted octanol–water partition coefficient (Wildman–Crippen LogP) is 0.943. The van der Waals surface area contributed by atoms with Crippen molar-refractivity contribution in [3.8, 4) is 6.07 Å². The van der Waals surface area contributed by atoms with Gasteiger partial charge in [0.15, 0.2) is 5.60 Å². The molecular formula is C9H13NO4. The van der Waals surface area contributed by atoms with Crippen LogP contribution >= 0.6 is 0 Å². The third-order valence-corrected chi connectivity index (χ3v) is 1.53. The van der Waals surface area contributed by atoms with E-state index in [2.05, 4.69) is 0 Å². The van der Waals surface area contributed by atoms with Gasteiger partial charge in [0, 0.05) is 0 Å². The summed E-state index contributed by atoms with van der Waals surface area (Å²) in [6, 6.07) is 1.78. The van der Waals surface area contributed by atoms with Crippen LogP contribution in [0.25, 0.3) is 0 Å². The number of aliphatic carboxylic acids is 1. The molecule has 0 aliphatic heterocycles. The average molecular weight is 199 g/mol.